The molecule has 0 radical (unpaired) electrons. The second-order valence-electron chi connectivity index (χ2n) is 5.75. The zero-order valence-corrected chi connectivity index (χ0v) is 12.6. The van der Waals surface area contributed by atoms with E-state index in [4.69, 9.17) is 9.15 Å². The standard InChI is InChI=1S/C17H15FN2O3/c1-22-14-6-11-4-5-20(17(21)12(11)7-13(14)18)9-16-19-8-15(23-16)10-2-3-10/h4-8,10H,2-3,9H2,1H3. The molecule has 1 aliphatic rings. The van der Waals surface area contributed by atoms with E-state index in [1.165, 1.54) is 23.8 Å². The summed E-state index contributed by atoms with van der Waals surface area (Å²) >= 11 is 0. The maximum Gasteiger partial charge on any atom is 0.258 e. The molecule has 1 fully saturated rings. The van der Waals surface area contributed by atoms with Crippen LogP contribution in [0.5, 0.6) is 5.75 Å². The van der Waals surface area contributed by atoms with Gasteiger partial charge in [0.2, 0.25) is 5.89 Å². The zero-order chi connectivity index (χ0) is 16.0. The van der Waals surface area contributed by atoms with Crippen molar-refractivity contribution in [1.29, 1.82) is 0 Å². The van der Waals surface area contributed by atoms with E-state index in [0.29, 0.717) is 22.6 Å². The van der Waals surface area contributed by atoms with E-state index in [1.54, 1.807) is 18.5 Å². The third kappa shape index (κ3) is 2.50. The molecule has 0 bridgehead atoms. The molecular weight excluding hydrogens is 299 g/mol. The van der Waals surface area contributed by atoms with Gasteiger partial charge in [0.25, 0.3) is 5.56 Å². The van der Waals surface area contributed by atoms with Crippen molar-refractivity contribution >= 4 is 10.8 Å². The van der Waals surface area contributed by atoms with Crippen molar-refractivity contribution in [3.8, 4) is 5.75 Å². The minimum atomic E-state index is -0.554. The number of ether oxygens (including phenoxy) is 1. The van der Waals surface area contributed by atoms with Gasteiger partial charge in [-0.1, -0.05) is 0 Å². The van der Waals surface area contributed by atoms with Crippen LogP contribution in [0.15, 0.2) is 39.8 Å². The number of halogens is 1. The van der Waals surface area contributed by atoms with Crippen molar-refractivity contribution in [2.45, 2.75) is 25.3 Å². The highest BCUT2D eigenvalue weighted by atomic mass is 19.1. The van der Waals surface area contributed by atoms with Crippen LogP contribution in [0.25, 0.3) is 10.8 Å². The van der Waals surface area contributed by atoms with Gasteiger partial charge in [-0.2, -0.15) is 0 Å². The van der Waals surface area contributed by atoms with E-state index >= 15 is 0 Å². The minimum Gasteiger partial charge on any atom is -0.494 e. The predicted octanol–water partition coefficient (Wildman–Crippen LogP) is 3.06. The molecule has 6 heteroatoms. The van der Waals surface area contributed by atoms with Crippen molar-refractivity contribution < 1.29 is 13.5 Å². The second kappa shape index (κ2) is 5.22. The molecule has 1 aliphatic carbocycles. The van der Waals surface area contributed by atoms with Gasteiger partial charge in [-0.15, -0.1) is 0 Å². The average molecular weight is 314 g/mol. The molecule has 23 heavy (non-hydrogen) atoms. The summed E-state index contributed by atoms with van der Waals surface area (Å²) in [5.41, 5.74) is -0.282. The van der Waals surface area contributed by atoms with Gasteiger partial charge in [0.15, 0.2) is 11.6 Å². The summed E-state index contributed by atoms with van der Waals surface area (Å²) in [5, 5.41) is 0.940. The van der Waals surface area contributed by atoms with Crippen LogP contribution in [0.4, 0.5) is 4.39 Å². The molecule has 4 rings (SSSR count). The molecule has 3 aromatic rings. The number of oxazole rings is 1. The van der Waals surface area contributed by atoms with Crippen molar-refractivity contribution in [2.24, 2.45) is 0 Å². The number of fused-ring (bicyclic) bond motifs is 1. The second-order valence-corrected chi connectivity index (χ2v) is 5.75. The molecular formula is C17H15FN2O3. The van der Waals surface area contributed by atoms with Crippen molar-refractivity contribution in [3.63, 3.8) is 0 Å². The molecule has 1 aromatic carbocycles. The Bertz CT molecular complexity index is 941. The Balaban J connectivity index is 1.71. The molecule has 2 aromatic heterocycles. The number of pyridine rings is 1. The highest BCUT2D eigenvalue weighted by Crippen LogP contribution is 2.40. The van der Waals surface area contributed by atoms with Crippen molar-refractivity contribution in [2.75, 3.05) is 7.11 Å². The largest absolute Gasteiger partial charge is 0.494 e. The first-order chi connectivity index (χ1) is 11.2. The number of hydrogen-bond acceptors (Lipinski definition) is 4. The number of benzene rings is 1. The minimum absolute atomic E-state index is 0.122. The first-order valence-corrected chi connectivity index (χ1v) is 7.47. The molecule has 0 atom stereocenters. The molecule has 0 saturated heterocycles. The molecule has 1 saturated carbocycles. The number of methoxy groups -OCH3 is 1. The Morgan fingerprint density at radius 2 is 2.26 bits per heavy atom. The Morgan fingerprint density at radius 1 is 1.43 bits per heavy atom. The monoisotopic (exact) mass is 314 g/mol. The molecule has 118 valence electrons. The number of rotatable bonds is 4. The van der Waals surface area contributed by atoms with Crippen molar-refractivity contribution in [1.82, 2.24) is 9.55 Å². The van der Waals surface area contributed by atoms with Crippen LogP contribution in [0.1, 0.15) is 30.4 Å². The molecule has 0 unspecified atom stereocenters. The lowest BCUT2D eigenvalue weighted by molar-refractivity contribution is 0.387. The molecule has 0 aliphatic heterocycles. The molecule has 5 nitrogen and oxygen atoms in total. The Labute approximate surface area is 131 Å². The Kier molecular flexibility index (Phi) is 3.18. The van der Waals surface area contributed by atoms with Gasteiger partial charge in [0.1, 0.15) is 12.3 Å². The van der Waals surface area contributed by atoms with E-state index < -0.39 is 5.82 Å². The fraction of sp³-hybridized carbons (Fsp3) is 0.294. The van der Waals surface area contributed by atoms with E-state index in [0.717, 1.165) is 18.6 Å². The summed E-state index contributed by atoms with van der Waals surface area (Å²) in [6.07, 6.45) is 5.64. The van der Waals surface area contributed by atoms with E-state index in [2.05, 4.69) is 4.98 Å². The summed E-state index contributed by atoms with van der Waals surface area (Å²) in [6.45, 7) is 0.231. The van der Waals surface area contributed by atoms with Crippen LogP contribution in [-0.2, 0) is 6.54 Å². The Hall–Kier alpha value is -2.63. The number of hydrogen-bond donors (Lipinski definition) is 0. The fourth-order valence-electron chi connectivity index (χ4n) is 2.67. The third-order valence-corrected chi connectivity index (χ3v) is 4.11. The quantitative estimate of drug-likeness (QED) is 0.742. The first kappa shape index (κ1) is 14.0. The first-order valence-electron chi connectivity index (χ1n) is 7.47. The lowest BCUT2D eigenvalue weighted by atomic mass is 10.1. The summed E-state index contributed by atoms with van der Waals surface area (Å²) in [6, 6.07) is 4.48. The molecule has 0 N–H and O–H groups in total. The lowest BCUT2D eigenvalue weighted by Crippen LogP contribution is -2.20. The van der Waals surface area contributed by atoms with E-state index in [-0.39, 0.29) is 17.9 Å². The van der Waals surface area contributed by atoms with Crippen LogP contribution in [0.3, 0.4) is 0 Å². The summed E-state index contributed by atoms with van der Waals surface area (Å²) in [4.78, 5) is 16.7. The number of aromatic nitrogens is 2. The maximum absolute atomic E-state index is 13.9. The molecule has 2 heterocycles. The Morgan fingerprint density at radius 3 is 3.00 bits per heavy atom. The predicted molar refractivity (Wildman–Crippen MR) is 82.3 cm³/mol. The summed E-state index contributed by atoms with van der Waals surface area (Å²) in [5.74, 6) is 1.41. The van der Waals surface area contributed by atoms with Gasteiger partial charge >= 0.3 is 0 Å². The van der Waals surface area contributed by atoms with Crippen LogP contribution in [0.2, 0.25) is 0 Å². The van der Waals surface area contributed by atoms with Gasteiger partial charge in [-0.3, -0.25) is 4.79 Å². The average Bonchev–Trinajstić information content (AvgIpc) is 3.30. The van der Waals surface area contributed by atoms with Crippen LogP contribution in [0, 0.1) is 5.82 Å². The van der Waals surface area contributed by atoms with E-state index in [9.17, 15) is 9.18 Å². The molecule has 0 spiro atoms. The fourth-order valence-corrected chi connectivity index (χ4v) is 2.67. The number of nitrogens with zero attached hydrogens (tertiary/aromatic N) is 2. The summed E-state index contributed by atoms with van der Waals surface area (Å²) < 4.78 is 25.9. The lowest BCUT2D eigenvalue weighted by Gasteiger charge is -2.07. The SMILES string of the molecule is COc1cc2ccn(Cc3ncc(C4CC4)o3)c(=O)c2cc1F. The summed E-state index contributed by atoms with van der Waals surface area (Å²) in [7, 11) is 1.39. The van der Waals surface area contributed by atoms with E-state index in [1.807, 2.05) is 0 Å². The highest BCUT2D eigenvalue weighted by molar-refractivity contribution is 5.83. The zero-order valence-electron chi connectivity index (χ0n) is 12.6. The van der Waals surface area contributed by atoms with Crippen LogP contribution >= 0.6 is 0 Å². The van der Waals surface area contributed by atoms with Gasteiger partial charge in [-0.05, 0) is 36.4 Å². The van der Waals surface area contributed by atoms with Gasteiger partial charge < -0.3 is 13.7 Å². The third-order valence-electron chi connectivity index (χ3n) is 4.11. The highest BCUT2D eigenvalue weighted by Gasteiger charge is 2.27. The van der Waals surface area contributed by atoms with Crippen LogP contribution in [-0.4, -0.2) is 16.7 Å². The normalized spacial score (nSPS) is 14.3. The van der Waals surface area contributed by atoms with Crippen LogP contribution < -0.4 is 10.3 Å². The van der Waals surface area contributed by atoms with Crippen molar-refractivity contribution in [3.05, 3.63) is 58.4 Å². The van der Waals surface area contributed by atoms with Gasteiger partial charge in [0, 0.05) is 12.1 Å². The smallest absolute Gasteiger partial charge is 0.258 e. The van der Waals surface area contributed by atoms with Gasteiger partial charge in [-0.25, -0.2) is 9.37 Å². The molecule has 0 amide bonds. The van der Waals surface area contributed by atoms with Gasteiger partial charge in [0.05, 0.1) is 18.7 Å². The topological polar surface area (TPSA) is 57.3 Å². The maximum atomic E-state index is 13.9.